The molecule has 1 aromatic rings. The van der Waals surface area contributed by atoms with Gasteiger partial charge in [-0.05, 0) is 43.1 Å². The Hall–Kier alpha value is -1.91. The fraction of sp³-hybridized carbons (Fsp3) is 0.533. The molecule has 0 spiro atoms. The quantitative estimate of drug-likeness (QED) is 0.677. The first-order valence-electron chi connectivity index (χ1n) is 7.16. The monoisotopic (exact) mass is 274 g/mol. The smallest absolute Gasteiger partial charge is 0.270 e. The van der Waals surface area contributed by atoms with Crippen LogP contribution in [0.3, 0.4) is 0 Å². The lowest BCUT2D eigenvalue weighted by molar-refractivity contribution is -0.384. The molecule has 2 aliphatic carbocycles. The predicted octanol–water partition coefficient (Wildman–Crippen LogP) is 2.76. The van der Waals surface area contributed by atoms with Crippen molar-refractivity contribution in [2.75, 3.05) is 6.54 Å². The molecular weight excluding hydrogens is 256 g/mol. The van der Waals surface area contributed by atoms with Gasteiger partial charge in [-0.1, -0.05) is 12.5 Å². The van der Waals surface area contributed by atoms with Crippen LogP contribution in [0.15, 0.2) is 24.3 Å². The highest BCUT2D eigenvalue weighted by Gasteiger charge is 2.39. The van der Waals surface area contributed by atoms with Crippen LogP contribution in [-0.4, -0.2) is 17.4 Å². The summed E-state index contributed by atoms with van der Waals surface area (Å²) in [6.07, 6.45) is 5.18. The first-order valence-corrected chi connectivity index (χ1v) is 7.16. The van der Waals surface area contributed by atoms with Crippen LogP contribution < -0.4 is 5.32 Å². The fourth-order valence-electron chi connectivity index (χ4n) is 3.71. The number of nitrogens with zero attached hydrogens (tertiary/aromatic N) is 1. The van der Waals surface area contributed by atoms with Crippen molar-refractivity contribution in [1.29, 1.82) is 0 Å². The van der Waals surface area contributed by atoms with E-state index in [0.717, 1.165) is 11.8 Å². The van der Waals surface area contributed by atoms with Gasteiger partial charge in [0, 0.05) is 24.2 Å². The lowest BCUT2D eigenvalue weighted by Gasteiger charge is -2.21. The average Bonchev–Trinajstić information content (AvgIpc) is 3.07. The number of nitrogens with one attached hydrogen (secondary N) is 1. The van der Waals surface area contributed by atoms with Crippen LogP contribution in [0, 0.1) is 27.9 Å². The first kappa shape index (κ1) is 13.1. The highest BCUT2D eigenvalue weighted by Crippen LogP contribution is 2.47. The second-order valence-corrected chi connectivity index (χ2v) is 5.95. The number of nitro benzene ring substituents is 1. The van der Waals surface area contributed by atoms with E-state index in [2.05, 4.69) is 5.32 Å². The summed E-state index contributed by atoms with van der Waals surface area (Å²) in [4.78, 5) is 22.3. The molecule has 2 saturated carbocycles. The van der Waals surface area contributed by atoms with E-state index in [9.17, 15) is 14.9 Å². The molecule has 1 aromatic carbocycles. The van der Waals surface area contributed by atoms with Crippen molar-refractivity contribution < 1.29 is 9.72 Å². The molecule has 0 saturated heterocycles. The highest BCUT2D eigenvalue weighted by atomic mass is 16.6. The lowest BCUT2D eigenvalue weighted by atomic mass is 9.89. The number of amides is 1. The van der Waals surface area contributed by atoms with Crippen LogP contribution >= 0.6 is 0 Å². The number of fused-ring (bicyclic) bond motifs is 2. The van der Waals surface area contributed by atoms with Gasteiger partial charge in [0.2, 0.25) is 0 Å². The Labute approximate surface area is 117 Å². The minimum Gasteiger partial charge on any atom is -0.352 e. The van der Waals surface area contributed by atoms with Crippen molar-refractivity contribution in [2.24, 2.45) is 17.8 Å². The number of rotatable bonds is 4. The topological polar surface area (TPSA) is 72.2 Å². The third-order valence-corrected chi connectivity index (χ3v) is 4.73. The minimum absolute atomic E-state index is 0.0439. The Morgan fingerprint density at radius 2 is 2.20 bits per heavy atom. The van der Waals surface area contributed by atoms with E-state index in [1.165, 1.54) is 37.8 Å². The third-order valence-electron chi connectivity index (χ3n) is 4.73. The van der Waals surface area contributed by atoms with Gasteiger partial charge >= 0.3 is 0 Å². The number of benzene rings is 1. The van der Waals surface area contributed by atoms with Crippen LogP contribution in [0.1, 0.15) is 36.0 Å². The SMILES string of the molecule is O=C(NC[C@@H]1C[C@H]2CC[C@H]1C2)c1cccc([N+](=O)[O-])c1. The maximum Gasteiger partial charge on any atom is 0.270 e. The molecule has 0 radical (unpaired) electrons. The molecule has 1 N–H and O–H groups in total. The summed E-state index contributed by atoms with van der Waals surface area (Å²) in [5.74, 6) is 2.01. The zero-order valence-corrected chi connectivity index (χ0v) is 11.2. The molecule has 1 amide bonds. The summed E-state index contributed by atoms with van der Waals surface area (Å²) in [5, 5.41) is 13.6. The molecule has 0 heterocycles. The van der Waals surface area contributed by atoms with Gasteiger partial charge in [0.15, 0.2) is 0 Å². The maximum absolute atomic E-state index is 12.0. The Balaban J connectivity index is 1.59. The molecule has 2 bridgehead atoms. The van der Waals surface area contributed by atoms with Crippen molar-refractivity contribution in [3.63, 3.8) is 0 Å². The molecule has 0 aromatic heterocycles. The fourth-order valence-corrected chi connectivity index (χ4v) is 3.71. The van der Waals surface area contributed by atoms with Gasteiger partial charge in [0.1, 0.15) is 0 Å². The molecule has 20 heavy (non-hydrogen) atoms. The summed E-state index contributed by atoms with van der Waals surface area (Å²) in [5.41, 5.74) is 0.319. The van der Waals surface area contributed by atoms with Crippen molar-refractivity contribution in [1.82, 2.24) is 5.32 Å². The summed E-state index contributed by atoms with van der Waals surface area (Å²) in [6.45, 7) is 0.697. The van der Waals surface area contributed by atoms with Gasteiger partial charge in [-0.3, -0.25) is 14.9 Å². The van der Waals surface area contributed by atoms with Crippen LogP contribution in [0.25, 0.3) is 0 Å². The van der Waals surface area contributed by atoms with Gasteiger partial charge in [-0.25, -0.2) is 0 Å². The van der Waals surface area contributed by atoms with Crippen molar-refractivity contribution in [3.8, 4) is 0 Å². The average molecular weight is 274 g/mol. The number of carbonyl (C=O) groups is 1. The van der Waals surface area contributed by atoms with Crippen LogP contribution in [0.2, 0.25) is 0 Å². The largest absolute Gasteiger partial charge is 0.352 e. The molecule has 0 aliphatic heterocycles. The molecule has 106 valence electrons. The van der Waals surface area contributed by atoms with Crippen LogP contribution in [0.4, 0.5) is 5.69 Å². The van der Waals surface area contributed by atoms with Gasteiger partial charge < -0.3 is 5.32 Å². The van der Waals surface area contributed by atoms with Gasteiger partial charge in [-0.2, -0.15) is 0 Å². The Bertz CT molecular complexity index is 544. The molecule has 5 nitrogen and oxygen atoms in total. The second kappa shape index (κ2) is 5.23. The molecule has 0 unspecified atom stereocenters. The van der Waals surface area contributed by atoms with Gasteiger partial charge in [-0.15, -0.1) is 0 Å². The van der Waals surface area contributed by atoms with Crippen molar-refractivity contribution in [2.45, 2.75) is 25.7 Å². The van der Waals surface area contributed by atoms with Crippen LogP contribution in [-0.2, 0) is 0 Å². The Kier molecular flexibility index (Phi) is 3.42. The van der Waals surface area contributed by atoms with Crippen molar-refractivity contribution in [3.05, 3.63) is 39.9 Å². The molecule has 2 aliphatic rings. The molecule has 5 heteroatoms. The van der Waals surface area contributed by atoms with E-state index in [1.54, 1.807) is 12.1 Å². The zero-order valence-electron chi connectivity index (χ0n) is 11.2. The van der Waals surface area contributed by atoms with Gasteiger partial charge in [0.25, 0.3) is 11.6 Å². The number of nitro groups is 1. The first-order chi connectivity index (χ1) is 9.63. The van der Waals surface area contributed by atoms with E-state index in [1.807, 2.05) is 0 Å². The van der Waals surface area contributed by atoms with E-state index >= 15 is 0 Å². The molecular formula is C15H18N2O3. The normalized spacial score (nSPS) is 27.5. The maximum atomic E-state index is 12.0. The van der Waals surface area contributed by atoms with E-state index < -0.39 is 4.92 Å². The van der Waals surface area contributed by atoms with Crippen molar-refractivity contribution >= 4 is 11.6 Å². The van der Waals surface area contributed by atoms with Gasteiger partial charge in [0.05, 0.1) is 4.92 Å². The second-order valence-electron chi connectivity index (χ2n) is 5.95. The van der Waals surface area contributed by atoms with E-state index in [4.69, 9.17) is 0 Å². The zero-order chi connectivity index (χ0) is 14.1. The summed E-state index contributed by atoms with van der Waals surface area (Å²) < 4.78 is 0. The summed E-state index contributed by atoms with van der Waals surface area (Å²) in [6, 6.07) is 5.89. The third kappa shape index (κ3) is 2.53. The number of hydrogen-bond acceptors (Lipinski definition) is 3. The van der Waals surface area contributed by atoms with E-state index in [-0.39, 0.29) is 11.6 Å². The molecule has 3 atom stereocenters. The Morgan fingerprint density at radius 1 is 1.35 bits per heavy atom. The standard InChI is InChI=1S/C15H18N2O3/c18-15(12-2-1-3-14(8-12)17(19)20)16-9-13-7-10-4-5-11(13)6-10/h1-3,8,10-11,13H,4-7,9H2,(H,16,18)/t10-,11-,13-/m0/s1. The number of carbonyl (C=O) groups excluding carboxylic acids is 1. The lowest BCUT2D eigenvalue weighted by Crippen LogP contribution is -2.31. The molecule has 3 rings (SSSR count). The van der Waals surface area contributed by atoms with E-state index in [0.29, 0.717) is 18.0 Å². The summed E-state index contributed by atoms with van der Waals surface area (Å²) in [7, 11) is 0. The Morgan fingerprint density at radius 3 is 2.85 bits per heavy atom. The van der Waals surface area contributed by atoms with Crippen LogP contribution in [0.5, 0.6) is 0 Å². The highest BCUT2D eigenvalue weighted by molar-refractivity contribution is 5.94. The summed E-state index contributed by atoms with van der Waals surface area (Å²) >= 11 is 0. The molecule has 2 fully saturated rings. The number of hydrogen-bond donors (Lipinski definition) is 1. The minimum atomic E-state index is -0.479. The number of non-ortho nitro benzene ring substituents is 1. The predicted molar refractivity (Wildman–Crippen MR) is 74.4 cm³/mol.